The van der Waals surface area contributed by atoms with Gasteiger partial charge in [0.15, 0.2) is 0 Å². The highest BCUT2D eigenvalue weighted by Crippen LogP contribution is 2.37. The molecular formula is C16H29F3N2. The summed E-state index contributed by atoms with van der Waals surface area (Å²) in [5.41, 5.74) is 0. The van der Waals surface area contributed by atoms with Gasteiger partial charge in [-0.15, -0.1) is 0 Å². The van der Waals surface area contributed by atoms with Crippen LogP contribution in [0.25, 0.3) is 0 Å². The van der Waals surface area contributed by atoms with Gasteiger partial charge >= 0.3 is 6.18 Å². The lowest BCUT2D eigenvalue weighted by atomic mass is 9.84. The molecule has 1 heterocycles. The van der Waals surface area contributed by atoms with Crippen LogP contribution < -0.4 is 5.32 Å². The summed E-state index contributed by atoms with van der Waals surface area (Å²) in [6.45, 7) is 5.55. The second kappa shape index (κ2) is 7.82. The molecule has 1 aliphatic carbocycles. The van der Waals surface area contributed by atoms with E-state index < -0.39 is 12.1 Å². The Hall–Kier alpha value is -0.290. The number of unbranched alkanes of at least 4 members (excludes halogenated alkanes) is 1. The highest BCUT2D eigenvalue weighted by Gasteiger charge is 2.42. The Bertz CT molecular complexity index is 298. The van der Waals surface area contributed by atoms with Gasteiger partial charge in [0, 0.05) is 12.1 Å². The maximum atomic E-state index is 12.8. The van der Waals surface area contributed by atoms with E-state index in [9.17, 15) is 13.2 Å². The van der Waals surface area contributed by atoms with Crippen molar-refractivity contribution in [2.75, 3.05) is 19.6 Å². The van der Waals surface area contributed by atoms with Crippen molar-refractivity contribution in [3.05, 3.63) is 0 Å². The van der Waals surface area contributed by atoms with Crippen LogP contribution in [0.15, 0.2) is 0 Å². The van der Waals surface area contributed by atoms with Crippen molar-refractivity contribution in [1.29, 1.82) is 0 Å². The zero-order valence-electron chi connectivity index (χ0n) is 13.1. The molecule has 1 aliphatic heterocycles. The Morgan fingerprint density at radius 2 is 1.76 bits per heavy atom. The maximum Gasteiger partial charge on any atom is 0.391 e. The molecule has 2 rings (SSSR count). The molecule has 2 unspecified atom stereocenters. The van der Waals surface area contributed by atoms with Gasteiger partial charge in [0.1, 0.15) is 0 Å². The molecule has 0 aromatic rings. The summed E-state index contributed by atoms with van der Waals surface area (Å²) in [6.07, 6.45) is 2.82. The summed E-state index contributed by atoms with van der Waals surface area (Å²) in [5, 5.41) is 3.51. The molecule has 0 aromatic heterocycles. The second-order valence-corrected chi connectivity index (χ2v) is 6.74. The van der Waals surface area contributed by atoms with Crippen LogP contribution >= 0.6 is 0 Å². The van der Waals surface area contributed by atoms with Crippen molar-refractivity contribution >= 4 is 0 Å². The van der Waals surface area contributed by atoms with Crippen LogP contribution in [0.1, 0.15) is 58.3 Å². The SMILES string of the molecule is CCCCN1CCC(NC2CCCC(C(F)(F)F)C2)CC1. The number of likely N-dealkylation sites (tertiary alicyclic amines) is 1. The van der Waals surface area contributed by atoms with Gasteiger partial charge in [-0.1, -0.05) is 19.8 Å². The van der Waals surface area contributed by atoms with Gasteiger partial charge in [-0.3, -0.25) is 0 Å². The van der Waals surface area contributed by atoms with Gasteiger partial charge in [0.05, 0.1) is 5.92 Å². The molecule has 1 saturated heterocycles. The lowest BCUT2D eigenvalue weighted by Crippen LogP contribution is -2.48. The average molecular weight is 306 g/mol. The molecule has 0 bridgehead atoms. The minimum Gasteiger partial charge on any atom is -0.311 e. The molecule has 0 spiro atoms. The van der Waals surface area contributed by atoms with Gasteiger partial charge in [-0.2, -0.15) is 13.2 Å². The number of nitrogens with one attached hydrogen (secondary N) is 1. The fourth-order valence-electron chi connectivity index (χ4n) is 3.68. The number of hydrogen-bond acceptors (Lipinski definition) is 2. The summed E-state index contributed by atoms with van der Waals surface area (Å²) in [5.74, 6) is -1.09. The highest BCUT2D eigenvalue weighted by molar-refractivity contribution is 4.86. The van der Waals surface area contributed by atoms with Gasteiger partial charge in [-0.05, 0) is 58.2 Å². The maximum absolute atomic E-state index is 12.8. The molecule has 2 fully saturated rings. The van der Waals surface area contributed by atoms with Crippen LogP contribution in [-0.4, -0.2) is 42.8 Å². The number of halogens is 3. The Balaban J connectivity index is 1.71. The van der Waals surface area contributed by atoms with E-state index in [1.54, 1.807) is 0 Å². The van der Waals surface area contributed by atoms with Crippen molar-refractivity contribution < 1.29 is 13.2 Å². The van der Waals surface area contributed by atoms with Gasteiger partial charge in [-0.25, -0.2) is 0 Å². The molecule has 2 nitrogen and oxygen atoms in total. The molecule has 0 amide bonds. The second-order valence-electron chi connectivity index (χ2n) is 6.74. The van der Waals surface area contributed by atoms with E-state index in [0.717, 1.165) is 32.4 Å². The zero-order valence-corrected chi connectivity index (χ0v) is 13.1. The fourth-order valence-corrected chi connectivity index (χ4v) is 3.68. The van der Waals surface area contributed by atoms with E-state index in [2.05, 4.69) is 17.1 Å². The van der Waals surface area contributed by atoms with Gasteiger partial charge in [0.2, 0.25) is 0 Å². The summed E-state index contributed by atoms with van der Waals surface area (Å²) in [4.78, 5) is 2.49. The standard InChI is InChI=1S/C16H29F3N2/c1-2-3-9-21-10-7-14(8-11-21)20-15-6-4-5-13(12-15)16(17,18)19/h13-15,20H,2-12H2,1H3. The monoisotopic (exact) mass is 306 g/mol. The predicted molar refractivity (Wildman–Crippen MR) is 79.3 cm³/mol. The first kappa shape index (κ1) is 17.1. The molecule has 0 aromatic carbocycles. The van der Waals surface area contributed by atoms with Crippen LogP contribution in [0.5, 0.6) is 0 Å². The van der Waals surface area contributed by atoms with Gasteiger partial charge in [0.25, 0.3) is 0 Å². The number of piperidine rings is 1. The summed E-state index contributed by atoms with van der Waals surface area (Å²) in [6, 6.07) is 0.484. The molecule has 21 heavy (non-hydrogen) atoms. The quantitative estimate of drug-likeness (QED) is 0.827. The number of nitrogens with zero attached hydrogens (tertiary/aromatic N) is 1. The largest absolute Gasteiger partial charge is 0.391 e. The Morgan fingerprint density at radius 1 is 1.05 bits per heavy atom. The Kier molecular flexibility index (Phi) is 6.35. The van der Waals surface area contributed by atoms with E-state index in [1.807, 2.05) is 0 Å². The number of hydrogen-bond donors (Lipinski definition) is 1. The van der Waals surface area contributed by atoms with E-state index >= 15 is 0 Å². The molecule has 124 valence electrons. The van der Waals surface area contributed by atoms with Crippen LogP contribution in [0.2, 0.25) is 0 Å². The normalized spacial score (nSPS) is 29.7. The average Bonchev–Trinajstić information content (AvgIpc) is 2.46. The molecule has 5 heteroatoms. The van der Waals surface area contributed by atoms with E-state index in [1.165, 1.54) is 19.4 Å². The van der Waals surface area contributed by atoms with Crippen molar-refractivity contribution in [2.45, 2.75) is 76.6 Å². The molecular weight excluding hydrogens is 277 g/mol. The molecule has 2 aliphatic rings. The Labute approximate surface area is 126 Å². The smallest absolute Gasteiger partial charge is 0.311 e. The van der Waals surface area contributed by atoms with Crippen LogP contribution in [0.4, 0.5) is 13.2 Å². The van der Waals surface area contributed by atoms with Gasteiger partial charge < -0.3 is 10.2 Å². The number of alkyl halides is 3. The lowest BCUT2D eigenvalue weighted by molar-refractivity contribution is -0.184. The van der Waals surface area contributed by atoms with Crippen LogP contribution in [0.3, 0.4) is 0 Å². The third-order valence-corrected chi connectivity index (χ3v) is 5.02. The fraction of sp³-hybridized carbons (Fsp3) is 1.00. The minimum atomic E-state index is -4.01. The minimum absolute atomic E-state index is 0.0672. The Morgan fingerprint density at radius 3 is 2.38 bits per heavy atom. The first-order valence-corrected chi connectivity index (χ1v) is 8.54. The van der Waals surface area contributed by atoms with Crippen LogP contribution in [-0.2, 0) is 0 Å². The summed E-state index contributed by atoms with van der Waals surface area (Å²) < 4.78 is 38.5. The summed E-state index contributed by atoms with van der Waals surface area (Å²) in [7, 11) is 0. The van der Waals surface area contributed by atoms with E-state index in [0.29, 0.717) is 18.9 Å². The first-order valence-electron chi connectivity index (χ1n) is 8.54. The van der Waals surface area contributed by atoms with E-state index in [4.69, 9.17) is 0 Å². The zero-order chi connectivity index (χ0) is 15.3. The third-order valence-electron chi connectivity index (χ3n) is 5.02. The third kappa shape index (κ3) is 5.44. The van der Waals surface area contributed by atoms with Crippen molar-refractivity contribution in [3.8, 4) is 0 Å². The first-order chi connectivity index (χ1) is 9.99. The molecule has 2 atom stereocenters. The topological polar surface area (TPSA) is 15.3 Å². The summed E-state index contributed by atoms with van der Waals surface area (Å²) >= 11 is 0. The van der Waals surface area contributed by atoms with E-state index in [-0.39, 0.29) is 12.5 Å². The van der Waals surface area contributed by atoms with Crippen molar-refractivity contribution in [1.82, 2.24) is 10.2 Å². The molecule has 1 N–H and O–H groups in total. The molecule has 1 saturated carbocycles. The predicted octanol–water partition coefficient (Wildman–Crippen LogP) is 3.96. The lowest BCUT2D eigenvalue weighted by Gasteiger charge is -2.37. The van der Waals surface area contributed by atoms with Crippen molar-refractivity contribution in [3.63, 3.8) is 0 Å². The molecule has 0 radical (unpaired) electrons. The highest BCUT2D eigenvalue weighted by atomic mass is 19.4. The number of rotatable bonds is 5. The van der Waals surface area contributed by atoms with Crippen LogP contribution in [0, 0.1) is 5.92 Å². The van der Waals surface area contributed by atoms with Crippen molar-refractivity contribution in [2.24, 2.45) is 5.92 Å².